The Balaban J connectivity index is 4.38. The predicted molar refractivity (Wildman–Crippen MR) is 279 cm³/mol. The Morgan fingerprint density at radius 1 is 0.338 bits per heavy atom. The number of allylic oxidation sites excluding steroid dienone is 10. The molecular weight excluding hydrogens is 805 g/mol. The first-order chi connectivity index (χ1) is 32.0. The van der Waals surface area contributed by atoms with Crippen LogP contribution in [0, 0.1) is 0 Å². The molecule has 0 aromatic rings. The molecule has 0 aliphatic carbocycles. The number of esters is 3. The lowest BCUT2D eigenvalue weighted by Gasteiger charge is -2.18. The molecule has 0 fully saturated rings. The van der Waals surface area contributed by atoms with Gasteiger partial charge in [-0.15, -0.1) is 0 Å². The van der Waals surface area contributed by atoms with Gasteiger partial charge in [0.2, 0.25) is 0 Å². The van der Waals surface area contributed by atoms with Crippen LogP contribution in [0.4, 0.5) is 0 Å². The van der Waals surface area contributed by atoms with Gasteiger partial charge in [0.05, 0.1) is 0 Å². The van der Waals surface area contributed by atoms with Gasteiger partial charge < -0.3 is 14.2 Å². The van der Waals surface area contributed by atoms with E-state index < -0.39 is 6.10 Å². The van der Waals surface area contributed by atoms with Gasteiger partial charge in [0.25, 0.3) is 0 Å². The van der Waals surface area contributed by atoms with Crippen LogP contribution in [0.15, 0.2) is 60.8 Å². The molecule has 0 radical (unpaired) electrons. The summed E-state index contributed by atoms with van der Waals surface area (Å²) >= 11 is 0. The summed E-state index contributed by atoms with van der Waals surface area (Å²) in [4.78, 5) is 38.0. The fourth-order valence-electron chi connectivity index (χ4n) is 7.91. The van der Waals surface area contributed by atoms with Gasteiger partial charge in [0, 0.05) is 19.3 Å². The number of carbonyl (C=O) groups excluding carboxylic acids is 3. The molecule has 0 aromatic carbocycles. The molecule has 6 heteroatoms. The van der Waals surface area contributed by atoms with E-state index in [1.165, 1.54) is 167 Å². The van der Waals surface area contributed by atoms with E-state index in [4.69, 9.17) is 14.2 Å². The van der Waals surface area contributed by atoms with Crippen LogP contribution in [-0.2, 0) is 28.6 Å². The van der Waals surface area contributed by atoms with Gasteiger partial charge >= 0.3 is 17.9 Å². The monoisotopic (exact) mass is 909 g/mol. The zero-order chi connectivity index (χ0) is 47.2. The third kappa shape index (κ3) is 51.9. The van der Waals surface area contributed by atoms with E-state index in [0.29, 0.717) is 19.3 Å². The van der Waals surface area contributed by atoms with Gasteiger partial charge in [-0.3, -0.25) is 14.4 Å². The third-order valence-electron chi connectivity index (χ3n) is 12.1. The first-order valence-corrected chi connectivity index (χ1v) is 27.8. The molecule has 1 unspecified atom stereocenters. The highest BCUT2D eigenvalue weighted by atomic mass is 16.6. The average Bonchev–Trinajstić information content (AvgIpc) is 3.30. The van der Waals surface area contributed by atoms with Crippen LogP contribution >= 0.6 is 0 Å². The molecular formula is C59H104O6. The molecule has 0 saturated carbocycles. The lowest BCUT2D eigenvalue weighted by molar-refractivity contribution is -0.166. The van der Waals surface area contributed by atoms with Crippen molar-refractivity contribution in [1.29, 1.82) is 0 Å². The van der Waals surface area contributed by atoms with E-state index in [0.717, 1.165) is 64.2 Å². The Kier molecular flexibility index (Phi) is 51.3. The van der Waals surface area contributed by atoms with Crippen molar-refractivity contribution in [1.82, 2.24) is 0 Å². The van der Waals surface area contributed by atoms with Crippen LogP contribution in [0.5, 0.6) is 0 Å². The van der Waals surface area contributed by atoms with E-state index in [9.17, 15) is 14.4 Å². The minimum absolute atomic E-state index is 0.0939. The lowest BCUT2D eigenvalue weighted by atomic mass is 10.0. The molecule has 65 heavy (non-hydrogen) atoms. The molecule has 0 N–H and O–H groups in total. The highest BCUT2D eigenvalue weighted by Crippen LogP contribution is 2.16. The van der Waals surface area contributed by atoms with Crippen molar-refractivity contribution >= 4 is 17.9 Å². The van der Waals surface area contributed by atoms with Gasteiger partial charge in [-0.25, -0.2) is 0 Å². The number of unbranched alkanes of at least 4 members (excludes halogenated alkanes) is 31. The van der Waals surface area contributed by atoms with Crippen molar-refractivity contribution in [2.24, 2.45) is 0 Å². The summed E-state index contributed by atoms with van der Waals surface area (Å²) in [6.07, 6.45) is 66.5. The first-order valence-electron chi connectivity index (χ1n) is 27.8. The molecule has 0 rings (SSSR count). The van der Waals surface area contributed by atoms with Crippen molar-refractivity contribution < 1.29 is 28.6 Å². The Labute approximate surface area is 402 Å². The average molecular weight is 909 g/mol. The van der Waals surface area contributed by atoms with Crippen LogP contribution in [0.2, 0.25) is 0 Å². The SMILES string of the molecule is CC\C=C/C=C\C=C/CCCCCCCCCC(=O)OC(COC(=O)CC/C=C\C/C=C\CCCCCCCC)COC(=O)CCCCCCCCCCCCCCCCCCCCC. The summed E-state index contributed by atoms with van der Waals surface area (Å²) in [5.41, 5.74) is 0. The number of ether oxygens (including phenoxy) is 3. The second-order valence-corrected chi connectivity index (χ2v) is 18.5. The van der Waals surface area contributed by atoms with Crippen molar-refractivity contribution in [3.8, 4) is 0 Å². The molecule has 376 valence electrons. The van der Waals surface area contributed by atoms with Gasteiger partial charge in [-0.05, 0) is 57.8 Å². The largest absolute Gasteiger partial charge is 0.462 e. The maximum atomic E-state index is 12.8. The van der Waals surface area contributed by atoms with E-state index in [1.807, 2.05) is 6.08 Å². The molecule has 0 heterocycles. The van der Waals surface area contributed by atoms with Gasteiger partial charge in [0.15, 0.2) is 6.10 Å². The molecule has 0 spiro atoms. The van der Waals surface area contributed by atoms with Crippen LogP contribution in [0.3, 0.4) is 0 Å². The molecule has 0 aliphatic rings. The Hall–Kier alpha value is -2.89. The second-order valence-electron chi connectivity index (χ2n) is 18.5. The normalized spacial score (nSPS) is 12.5. The van der Waals surface area contributed by atoms with Crippen LogP contribution in [-0.4, -0.2) is 37.2 Å². The van der Waals surface area contributed by atoms with Gasteiger partial charge in [-0.1, -0.05) is 261 Å². The second kappa shape index (κ2) is 53.7. The van der Waals surface area contributed by atoms with Gasteiger partial charge in [0.1, 0.15) is 13.2 Å². The van der Waals surface area contributed by atoms with Crippen LogP contribution in [0.1, 0.15) is 278 Å². The summed E-state index contributed by atoms with van der Waals surface area (Å²) in [5.74, 6) is -0.968. The minimum Gasteiger partial charge on any atom is -0.462 e. The summed E-state index contributed by atoms with van der Waals surface area (Å²) in [6, 6.07) is 0. The van der Waals surface area contributed by atoms with E-state index >= 15 is 0 Å². The maximum Gasteiger partial charge on any atom is 0.306 e. The molecule has 0 aromatic heterocycles. The molecule has 0 amide bonds. The van der Waals surface area contributed by atoms with Crippen molar-refractivity contribution in [2.75, 3.05) is 13.2 Å². The topological polar surface area (TPSA) is 78.9 Å². The number of hydrogen-bond donors (Lipinski definition) is 0. The predicted octanol–water partition coefficient (Wildman–Crippen LogP) is 18.4. The number of rotatable bonds is 50. The quantitative estimate of drug-likeness (QED) is 0.0199. The molecule has 0 saturated heterocycles. The van der Waals surface area contributed by atoms with Crippen LogP contribution < -0.4 is 0 Å². The highest BCUT2D eigenvalue weighted by molar-refractivity contribution is 5.71. The zero-order valence-corrected chi connectivity index (χ0v) is 43.0. The third-order valence-corrected chi connectivity index (χ3v) is 12.1. The Bertz CT molecular complexity index is 1180. The smallest absolute Gasteiger partial charge is 0.306 e. The van der Waals surface area contributed by atoms with Crippen molar-refractivity contribution in [3.05, 3.63) is 60.8 Å². The highest BCUT2D eigenvalue weighted by Gasteiger charge is 2.19. The van der Waals surface area contributed by atoms with Crippen molar-refractivity contribution in [2.45, 2.75) is 284 Å². The first kappa shape index (κ1) is 62.1. The van der Waals surface area contributed by atoms with Crippen molar-refractivity contribution in [3.63, 3.8) is 0 Å². The Morgan fingerprint density at radius 2 is 0.692 bits per heavy atom. The van der Waals surface area contributed by atoms with Gasteiger partial charge in [-0.2, -0.15) is 0 Å². The van der Waals surface area contributed by atoms with E-state index in [2.05, 4.69) is 75.5 Å². The Morgan fingerprint density at radius 3 is 1.14 bits per heavy atom. The summed E-state index contributed by atoms with van der Waals surface area (Å²) in [7, 11) is 0. The fourth-order valence-corrected chi connectivity index (χ4v) is 7.91. The molecule has 6 nitrogen and oxygen atoms in total. The zero-order valence-electron chi connectivity index (χ0n) is 43.0. The lowest BCUT2D eigenvalue weighted by Crippen LogP contribution is -2.30. The van der Waals surface area contributed by atoms with Crippen LogP contribution in [0.25, 0.3) is 0 Å². The molecule has 1 atom stereocenters. The van der Waals surface area contributed by atoms with E-state index in [-0.39, 0.29) is 37.5 Å². The minimum atomic E-state index is -0.801. The van der Waals surface area contributed by atoms with E-state index in [1.54, 1.807) is 0 Å². The summed E-state index contributed by atoms with van der Waals surface area (Å²) < 4.78 is 16.8. The number of carbonyl (C=O) groups is 3. The molecule has 0 aliphatic heterocycles. The maximum absolute atomic E-state index is 12.8. The summed E-state index contributed by atoms with van der Waals surface area (Å²) in [6.45, 7) is 6.46. The standard InChI is InChI=1S/C59H104O6/c1-4-7-10-13-16-19-22-25-27-28-29-30-32-34-37-40-43-46-49-52-58(61)64-55-56(54-63-57(60)51-48-45-42-39-36-33-24-21-18-15-12-9-6-3)65-59(62)53-50-47-44-41-38-35-31-26-23-20-17-14-11-8-5-2/h8,11,14,17,20,23,33,36,42,45,56H,4-7,9-10,12-13,15-16,18-19,21-22,24-32,34-35,37-41,43-44,46-55H2,1-3H3/b11-8-,17-14-,23-20-,36-33-,45-42-. The number of hydrogen-bond acceptors (Lipinski definition) is 6. The fraction of sp³-hybridized carbons (Fsp3) is 0.780. The molecule has 0 bridgehead atoms. The summed E-state index contributed by atoms with van der Waals surface area (Å²) in [5, 5.41) is 0.